The summed E-state index contributed by atoms with van der Waals surface area (Å²) in [4.78, 5) is 13.6. The van der Waals surface area contributed by atoms with E-state index in [0.29, 0.717) is 39.6 Å². The quantitative estimate of drug-likeness (QED) is 0.310. The molecule has 3 aromatic carbocycles. The zero-order valence-electron chi connectivity index (χ0n) is 20.4. The van der Waals surface area contributed by atoms with Crippen LogP contribution in [0.25, 0.3) is 0 Å². The second-order valence-electron chi connectivity index (χ2n) is 8.81. The van der Waals surface area contributed by atoms with E-state index in [-0.39, 0.29) is 5.91 Å². The van der Waals surface area contributed by atoms with Gasteiger partial charge >= 0.3 is 0 Å². The molecule has 0 saturated heterocycles. The molecule has 8 nitrogen and oxygen atoms in total. The van der Waals surface area contributed by atoms with Crippen molar-refractivity contribution in [3.63, 3.8) is 0 Å². The van der Waals surface area contributed by atoms with Crippen LogP contribution >= 0.6 is 23.2 Å². The maximum absolute atomic E-state index is 13.6. The number of ether oxygens (including phenoxy) is 1. The number of aryl methyl sites for hydroxylation is 1. The minimum absolute atomic E-state index is 0.234. The van der Waals surface area contributed by atoms with Crippen molar-refractivity contribution in [2.75, 3.05) is 10.6 Å². The van der Waals surface area contributed by atoms with Gasteiger partial charge < -0.3 is 15.4 Å². The highest BCUT2D eigenvalue weighted by Crippen LogP contribution is 2.36. The molecule has 2 N–H and O–H groups in total. The molecule has 2 heterocycles. The molecule has 188 valence electrons. The third-order valence-electron chi connectivity index (χ3n) is 6.42. The summed E-state index contributed by atoms with van der Waals surface area (Å²) in [5.41, 5.74) is 5.72. The Hall–Kier alpha value is -3.88. The van der Waals surface area contributed by atoms with Crippen molar-refractivity contribution in [1.82, 2.24) is 20.2 Å². The minimum atomic E-state index is -0.531. The van der Waals surface area contributed by atoms with Crippen LogP contribution in [0, 0.1) is 13.8 Å². The Morgan fingerprint density at radius 3 is 2.62 bits per heavy atom. The first kappa shape index (κ1) is 24.8. The van der Waals surface area contributed by atoms with Crippen molar-refractivity contribution >= 4 is 40.7 Å². The number of hydrogen-bond donors (Lipinski definition) is 2. The number of nitrogens with zero attached hydrogens (tertiary/aromatic N) is 4. The molecule has 1 aliphatic rings. The standard InChI is InChI=1S/C27H24Cl2N6O2/c1-15-5-4-6-23(16(15)2)31-26(36)24-17(3)30-27-32-33-34-35(27)25(24)18-8-11-21(12-9-18)37-14-19-7-10-20(28)13-22(19)29/h4-13,25H,14H2,1-3H3,(H,31,36)(H,30,32,34). The number of aromatic nitrogens is 4. The third-order valence-corrected chi connectivity index (χ3v) is 7.00. The van der Waals surface area contributed by atoms with Gasteiger partial charge in [0, 0.05) is 27.0 Å². The fourth-order valence-electron chi connectivity index (χ4n) is 4.24. The van der Waals surface area contributed by atoms with E-state index in [0.717, 1.165) is 27.9 Å². The predicted molar refractivity (Wildman–Crippen MR) is 144 cm³/mol. The molecule has 4 aromatic rings. The molecule has 1 aliphatic heterocycles. The maximum Gasteiger partial charge on any atom is 0.255 e. The fourth-order valence-corrected chi connectivity index (χ4v) is 4.70. The van der Waals surface area contributed by atoms with Crippen LogP contribution in [0.4, 0.5) is 11.6 Å². The molecule has 0 bridgehead atoms. The Morgan fingerprint density at radius 2 is 1.86 bits per heavy atom. The molecular weight excluding hydrogens is 511 g/mol. The molecule has 0 saturated carbocycles. The van der Waals surface area contributed by atoms with Crippen LogP contribution in [-0.2, 0) is 11.4 Å². The average molecular weight is 535 g/mol. The number of rotatable bonds is 6. The number of carbonyl (C=O) groups excluding carboxylic acids is 1. The van der Waals surface area contributed by atoms with Crippen molar-refractivity contribution in [3.8, 4) is 5.75 Å². The van der Waals surface area contributed by atoms with Crippen LogP contribution in [0.1, 0.15) is 35.2 Å². The van der Waals surface area contributed by atoms with Crippen LogP contribution in [0.2, 0.25) is 10.0 Å². The number of benzene rings is 3. The summed E-state index contributed by atoms with van der Waals surface area (Å²) in [6, 6.07) is 18.1. The molecule has 1 unspecified atom stereocenters. The molecule has 0 fully saturated rings. The summed E-state index contributed by atoms with van der Waals surface area (Å²) in [7, 11) is 0. The number of tetrazole rings is 1. The first-order valence-electron chi connectivity index (χ1n) is 11.6. The Kier molecular flexibility index (Phi) is 6.86. The molecule has 0 spiro atoms. The van der Waals surface area contributed by atoms with E-state index in [9.17, 15) is 4.79 Å². The minimum Gasteiger partial charge on any atom is -0.489 e. The zero-order valence-corrected chi connectivity index (χ0v) is 21.9. The van der Waals surface area contributed by atoms with Gasteiger partial charge in [0.05, 0.1) is 5.57 Å². The largest absolute Gasteiger partial charge is 0.489 e. The Labute approximate surface area is 224 Å². The van der Waals surface area contributed by atoms with E-state index in [2.05, 4.69) is 26.2 Å². The van der Waals surface area contributed by atoms with Gasteiger partial charge in [0.1, 0.15) is 18.4 Å². The maximum atomic E-state index is 13.6. The van der Waals surface area contributed by atoms with Crippen LogP contribution in [0.5, 0.6) is 5.75 Å². The van der Waals surface area contributed by atoms with Gasteiger partial charge in [0.25, 0.3) is 5.91 Å². The average Bonchev–Trinajstić information content (AvgIpc) is 3.34. The fraction of sp³-hybridized carbons (Fsp3) is 0.185. The lowest BCUT2D eigenvalue weighted by Gasteiger charge is -2.28. The van der Waals surface area contributed by atoms with Gasteiger partial charge in [0.15, 0.2) is 0 Å². The lowest BCUT2D eigenvalue weighted by molar-refractivity contribution is -0.113. The van der Waals surface area contributed by atoms with E-state index in [1.54, 1.807) is 16.8 Å². The molecular formula is C27H24Cl2N6O2. The molecule has 0 radical (unpaired) electrons. The van der Waals surface area contributed by atoms with Crippen LogP contribution < -0.4 is 15.4 Å². The molecule has 1 aromatic heterocycles. The monoisotopic (exact) mass is 534 g/mol. The lowest BCUT2D eigenvalue weighted by Crippen LogP contribution is -2.31. The van der Waals surface area contributed by atoms with E-state index in [1.165, 1.54) is 0 Å². The first-order chi connectivity index (χ1) is 17.8. The number of hydrogen-bond acceptors (Lipinski definition) is 6. The highest BCUT2D eigenvalue weighted by molar-refractivity contribution is 6.35. The molecule has 0 aliphatic carbocycles. The van der Waals surface area contributed by atoms with E-state index < -0.39 is 6.04 Å². The van der Waals surface area contributed by atoms with Gasteiger partial charge in [-0.05, 0) is 78.2 Å². The van der Waals surface area contributed by atoms with E-state index in [1.807, 2.05) is 69.3 Å². The molecule has 10 heteroatoms. The normalized spacial score (nSPS) is 14.7. The highest BCUT2D eigenvalue weighted by atomic mass is 35.5. The summed E-state index contributed by atoms with van der Waals surface area (Å²) >= 11 is 12.2. The molecule has 1 atom stereocenters. The highest BCUT2D eigenvalue weighted by Gasteiger charge is 2.34. The van der Waals surface area contributed by atoms with E-state index in [4.69, 9.17) is 27.9 Å². The number of amides is 1. The first-order valence-corrected chi connectivity index (χ1v) is 12.4. The van der Waals surface area contributed by atoms with Crippen molar-refractivity contribution in [3.05, 3.63) is 104 Å². The van der Waals surface area contributed by atoms with Crippen LogP contribution in [0.3, 0.4) is 0 Å². The summed E-state index contributed by atoms with van der Waals surface area (Å²) < 4.78 is 7.54. The van der Waals surface area contributed by atoms with Crippen LogP contribution in [0.15, 0.2) is 71.9 Å². The number of nitrogens with one attached hydrogen (secondary N) is 2. The second kappa shape index (κ2) is 10.2. The zero-order chi connectivity index (χ0) is 26.1. The number of carbonyl (C=O) groups is 1. The van der Waals surface area contributed by atoms with Gasteiger partial charge in [-0.3, -0.25) is 4.79 Å². The lowest BCUT2D eigenvalue weighted by atomic mass is 9.94. The molecule has 1 amide bonds. The molecule has 37 heavy (non-hydrogen) atoms. The summed E-state index contributed by atoms with van der Waals surface area (Å²) in [5.74, 6) is 0.883. The Bertz CT molecular complexity index is 1510. The number of fused-ring (bicyclic) bond motifs is 1. The topological polar surface area (TPSA) is 94.0 Å². The van der Waals surface area contributed by atoms with Crippen LogP contribution in [-0.4, -0.2) is 26.1 Å². The predicted octanol–water partition coefficient (Wildman–Crippen LogP) is 6.10. The Morgan fingerprint density at radius 1 is 1.08 bits per heavy atom. The van der Waals surface area contributed by atoms with E-state index >= 15 is 0 Å². The van der Waals surface area contributed by atoms with Crippen molar-refractivity contribution in [2.24, 2.45) is 0 Å². The van der Waals surface area contributed by atoms with Crippen molar-refractivity contribution < 1.29 is 9.53 Å². The van der Waals surface area contributed by atoms with Crippen molar-refractivity contribution in [2.45, 2.75) is 33.4 Å². The molecule has 5 rings (SSSR count). The number of allylic oxidation sites excluding steroid dienone is 1. The van der Waals surface area contributed by atoms with Gasteiger partial charge in [0.2, 0.25) is 5.95 Å². The Balaban J connectivity index is 1.42. The summed E-state index contributed by atoms with van der Waals surface area (Å²) in [6.07, 6.45) is 0. The van der Waals surface area contributed by atoms with Gasteiger partial charge in [-0.15, -0.1) is 0 Å². The number of anilines is 2. The third kappa shape index (κ3) is 5.03. The smallest absolute Gasteiger partial charge is 0.255 e. The SMILES string of the molecule is CC1=C(C(=O)Nc2cccc(C)c2C)C(c2ccc(OCc3ccc(Cl)cc3Cl)cc2)n2nnnc2N1. The van der Waals surface area contributed by atoms with Gasteiger partial charge in [-0.1, -0.05) is 58.6 Å². The van der Waals surface area contributed by atoms with Crippen molar-refractivity contribution in [1.29, 1.82) is 0 Å². The van der Waals surface area contributed by atoms with Gasteiger partial charge in [-0.2, -0.15) is 4.68 Å². The summed E-state index contributed by atoms with van der Waals surface area (Å²) in [5, 5.41) is 19.4. The second-order valence-corrected chi connectivity index (χ2v) is 9.65. The number of halogens is 2. The van der Waals surface area contributed by atoms with Gasteiger partial charge in [-0.25, -0.2) is 0 Å². The summed E-state index contributed by atoms with van der Waals surface area (Å²) in [6.45, 7) is 6.13.